The largest absolute Gasteiger partial charge is 0.496 e. The van der Waals surface area contributed by atoms with Crippen LogP contribution in [-0.2, 0) is 0 Å². The van der Waals surface area contributed by atoms with Crippen molar-refractivity contribution < 1.29 is 18.7 Å². The van der Waals surface area contributed by atoms with Gasteiger partial charge in [0.25, 0.3) is 0 Å². The maximum atomic E-state index is 13.0. The van der Waals surface area contributed by atoms with E-state index in [1.807, 2.05) is 18.2 Å². The molecule has 4 aromatic rings. The van der Waals surface area contributed by atoms with Gasteiger partial charge in [0.15, 0.2) is 0 Å². The normalized spacial score (nSPS) is 10.7. The van der Waals surface area contributed by atoms with Crippen molar-refractivity contribution in [2.24, 2.45) is 0 Å². The van der Waals surface area contributed by atoms with Crippen molar-refractivity contribution in [2.75, 3.05) is 7.11 Å². The Kier molecular flexibility index (Phi) is 5.18. The first-order valence-electron chi connectivity index (χ1n) is 8.73. The molecule has 0 bridgehead atoms. The van der Waals surface area contributed by atoms with Crippen LogP contribution < -0.4 is 14.9 Å². The first-order valence-corrected chi connectivity index (χ1v) is 9.53. The number of halogens is 1. The van der Waals surface area contributed by atoms with Gasteiger partial charge in [-0.1, -0.05) is 40.2 Å². The predicted octanol–water partition coefficient (Wildman–Crippen LogP) is 5.45. The van der Waals surface area contributed by atoms with Gasteiger partial charge in [0.2, 0.25) is 5.43 Å². The highest BCUT2D eigenvalue weighted by atomic mass is 79.9. The smallest absolute Gasteiger partial charge is 0.343 e. The summed E-state index contributed by atoms with van der Waals surface area (Å²) in [5.74, 6) is 0.369. The van der Waals surface area contributed by atoms with E-state index in [1.165, 1.54) is 12.3 Å². The van der Waals surface area contributed by atoms with Gasteiger partial charge in [0.1, 0.15) is 23.3 Å². The molecule has 0 N–H and O–H groups in total. The topological polar surface area (TPSA) is 65.7 Å². The lowest BCUT2D eigenvalue weighted by atomic mass is 10.0. The molecule has 0 saturated carbocycles. The van der Waals surface area contributed by atoms with Crippen LogP contribution in [-0.4, -0.2) is 13.1 Å². The number of ether oxygens (including phenoxy) is 2. The maximum absolute atomic E-state index is 13.0. The summed E-state index contributed by atoms with van der Waals surface area (Å²) in [6.45, 7) is 0. The molecule has 0 unspecified atom stereocenters. The summed E-state index contributed by atoms with van der Waals surface area (Å²) >= 11 is 3.33. The summed E-state index contributed by atoms with van der Waals surface area (Å²) in [7, 11) is 1.55. The molecule has 0 aliphatic rings. The number of methoxy groups -OCH3 is 1. The molecule has 1 heterocycles. The van der Waals surface area contributed by atoms with Crippen LogP contribution in [0.3, 0.4) is 0 Å². The fourth-order valence-corrected chi connectivity index (χ4v) is 3.41. The lowest BCUT2D eigenvalue weighted by Gasteiger charge is -2.09. The first kappa shape index (κ1) is 19.0. The van der Waals surface area contributed by atoms with Crippen LogP contribution in [0, 0.1) is 0 Å². The monoisotopic (exact) mass is 450 g/mol. The lowest BCUT2D eigenvalue weighted by molar-refractivity contribution is 0.0735. The van der Waals surface area contributed by atoms with Crippen LogP contribution >= 0.6 is 15.9 Å². The Hall–Kier alpha value is -3.38. The number of carbonyl (C=O) groups excluding carboxylic acids is 1. The number of hydrogen-bond acceptors (Lipinski definition) is 5. The Morgan fingerprint density at radius 3 is 2.59 bits per heavy atom. The minimum absolute atomic E-state index is 0.194. The Labute approximate surface area is 174 Å². The highest BCUT2D eigenvalue weighted by Gasteiger charge is 2.15. The van der Waals surface area contributed by atoms with E-state index in [2.05, 4.69) is 15.9 Å². The van der Waals surface area contributed by atoms with E-state index >= 15 is 0 Å². The van der Waals surface area contributed by atoms with E-state index in [9.17, 15) is 9.59 Å². The lowest BCUT2D eigenvalue weighted by Crippen LogP contribution is -2.09. The molecule has 0 aliphatic carbocycles. The van der Waals surface area contributed by atoms with E-state index in [0.717, 1.165) is 4.47 Å². The predicted molar refractivity (Wildman–Crippen MR) is 114 cm³/mol. The summed E-state index contributed by atoms with van der Waals surface area (Å²) in [4.78, 5) is 25.3. The van der Waals surface area contributed by atoms with Crippen LogP contribution in [0.25, 0.3) is 22.1 Å². The molecule has 0 radical (unpaired) electrons. The molecule has 0 spiro atoms. The molecular formula is C23H15BrO5. The van der Waals surface area contributed by atoms with Crippen LogP contribution in [0.4, 0.5) is 0 Å². The molecule has 1 aromatic heterocycles. The molecule has 3 aromatic carbocycles. The van der Waals surface area contributed by atoms with E-state index in [4.69, 9.17) is 13.9 Å². The molecule has 0 fully saturated rings. The zero-order valence-electron chi connectivity index (χ0n) is 15.3. The molecule has 6 heteroatoms. The zero-order chi connectivity index (χ0) is 20.4. The van der Waals surface area contributed by atoms with Gasteiger partial charge in [-0.15, -0.1) is 0 Å². The van der Waals surface area contributed by atoms with Crippen LogP contribution in [0.1, 0.15) is 10.4 Å². The van der Waals surface area contributed by atoms with E-state index in [-0.39, 0.29) is 11.2 Å². The second kappa shape index (κ2) is 7.93. The molecule has 0 aliphatic heterocycles. The molecular weight excluding hydrogens is 436 g/mol. The highest BCUT2D eigenvalue weighted by Crippen LogP contribution is 2.29. The summed E-state index contributed by atoms with van der Waals surface area (Å²) in [5, 5.41) is 0.385. The Morgan fingerprint density at radius 1 is 0.966 bits per heavy atom. The Morgan fingerprint density at radius 2 is 1.79 bits per heavy atom. The average Bonchev–Trinajstić information content (AvgIpc) is 2.74. The van der Waals surface area contributed by atoms with Crippen LogP contribution in [0.5, 0.6) is 11.5 Å². The number of esters is 1. The zero-order valence-corrected chi connectivity index (χ0v) is 16.9. The highest BCUT2D eigenvalue weighted by molar-refractivity contribution is 9.10. The third-order valence-corrected chi connectivity index (χ3v) is 4.91. The van der Waals surface area contributed by atoms with Crippen molar-refractivity contribution >= 4 is 32.9 Å². The van der Waals surface area contributed by atoms with E-state index in [1.54, 1.807) is 49.6 Å². The summed E-state index contributed by atoms with van der Waals surface area (Å²) in [6.07, 6.45) is 1.39. The minimum atomic E-state index is -0.501. The van der Waals surface area contributed by atoms with Gasteiger partial charge in [-0.25, -0.2) is 4.79 Å². The molecule has 0 atom stereocenters. The number of hydrogen-bond donors (Lipinski definition) is 0. The first-order chi connectivity index (χ1) is 14.1. The fourth-order valence-electron chi connectivity index (χ4n) is 3.01. The Balaban J connectivity index is 1.69. The number of para-hydroxylation sites is 1. The number of rotatable bonds is 4. The van der Waals surface area contributed by atoms with Crippen molar-refractivity contribution in [1.82, 2.24) is 0 Å². The standard InChI is InChI=1S/C23H15BrO5/c1-27-20-8-3-2-7-17(20)19-13-28-21-12-16(9-10-18(21)22(19)25)29-23(26)14-5-4-6-15(24)11-14/h2-13H,1H3. The molecule has 0 saturated heterocycles. The van der Waals surface area contributed by atoms with Gasteiger partial charge in [0, 0.05) is 16.1 Å². The average molecular weight is 451 g/mol. The van der Waals surface area contributed by atoms with Crippen LogP contribution in [0.2, 0.25) is 0 Å². The molecule has 0 amide bonds. The van der Waals surface area contributed by atoms with E-state index < -0.39 is 5.97 Å². The van der Waals surface area contributed by atoms with Crippen molar-refractivity contribution in [3.8, 4) is 22.6 Å². The van der Waals surface area contributed by atoms with Crippen LogP contribution in [0.15, 0.2) is 86.7 Å². The molecule has 5 nitrogen and oxygen atoms in total. The molecule has 29 heavy (non-hydrogen) atoms. The minimum Gasteiger partial charge on any atom is -0.496 e. The fraction of sp³-hybridized carbons (Fsp3) is 0.0435. The van der Waals surface area contributed by atoms with Crippen molar-refractivity contribution in [3.05, 3.63) is 93.3 Å². The van der Waals surface area contributed by atoms with E-state index in [0.29, 0.717) is 33.4 Å². The maximum Gasteiger partial charge on any atom is 0.343 e. The second-order valence-electron chi connectivity index (χ2n) is 6.24. The Bertz CT molecular complexity index is 1280. The van der Waals surface area contributed by atoms with Crippen molar-refractivity contribution in [1.29, 1.82) is 0 Å². The van der Waals surface area contributed by atoms with Gasteiger partial charge >= 0.3 is 5.97 Å². The number of benzene rings is 3. The van der Waals surface area contributed by atoms with Gasteiger partial charge in [0.05, 0.1) is 23.6 Å². The van der Waals surface area contributed by atoms with Gasteiger partial charge < -0.3 is 13.9 Å². The van der Waals surface area contributed by atoms with Crippen molar-refractivity contribution in [2.45, 2.75) is 0 Å². The molecule has 4 rings (SSSR count). The summed E-state index contributed by atoms with van der Waals surface area (Å²) in [6, 6.07) is 18.8. The summed E-state index contributed by atoms with van der Waals surface area (Å²) in [5.41, 5.74) is 1.59. The quantitative estimate of drug-likeness (QED) is 0.305. The number of carbonyl (C=O) groups is 1. The number of fused-ring (bicyclic) bond motifs is 1. The second-order valence-corrected chi connectivity index (χ2v) is 7.15. The third kappa shape index (κ3) is 3.79. The summed E-state index contributed by atoms with van der Waals surface area (Å²) < 4.78 is 17.2. The SMILES string of the molecule is COc1ccccc1-c1coc2cc(OC(=O)c3cccc(Br)c3)ccc2c1=O. The van der Waals surface area contributed by atoms with Gasteiger partial charge in [-0.2, -0.15) is 0 Å². The van der Waals surface area contributed by atoms with Crippen molar-refractivity contribution in [3.63, 3.8) is 0 Å². The van der Waals surface area contributed by atoms with Gasteiger partial charge in [-0.3, -0.25) is 4.79 Å². The third-order valence-electron chi connectivity index (χ3n) is 4.41. The van der Waals surface area contributed by atoms with Gasteiger partial charge in [-0.05, 0) is 36.4 Å². The molecule has 144 valence electrons.